The van der Waals surface area contributed by atoms with Crippen molar-refractivity contribution >= 4 is 21.9 Å². The molecule has 2 aromatic rings. The fourth-order valence-electron chi connectivity index (χ4n) is 0.995. The molecule has 0 N–H and O–H groups in total. The van der Waals surface area contributed by atoms with Gasteiger partial charge in [0.2, 0.25) is 0 Å². The van der Waals surface area contributed by atoms with E-state index in [1.807, 2.05) is 6.07 Å². The highest BCUT2D eigenvalue weighted by Gasteiger charge is 2.14. The number of hydrogen-bond donors (Lipinski definition) is 0. The van der Waals surface area contributed by atoms with Gasteiger partial charge >= 0.3 is 11.9 Å². The molecule has 0 atom stereocenters. The molecule has 1 aromatic carbocycles. The average Bonchev–Trinajstić information content (AvgIpc) is 2.74. The lowest BCUT2D eigenvalue weighted by molar-refractivity contribution is 0.0691. The maximum atomic E-state index is 11.4. The zero-order chi connectivity index (χ0) is 10.7. The Morgan fingerprint density at radius 1 is 1.40 bits per heavy atom. The average molecular weight is 268 g/mol. The summed E-state index contributed by atoms with van der Waals surface area (Å²) in [4.78, 5) is 15.1. The summed E-state index contributed by atoms with van der Waals surface area (Å²) >= 11 is 3.26. The van der Waals surface area contributed by atoms with Crippen molar-refractivity contribution in [2.24, 2.45) is 0 Å². The molecule has 0 aliphatic carbocycles. The van der Waals surface area contributed by atoms with Crippen molar-refractivity contribution < 1.29 is 13.9 Å². The lowest BCUT2D eigenvalue weighted by atomic mass is 10.3. The van der Waals surface area contributed by atoms with Crippen molar-refractivity contribution in [1.82, 2.24) is 4.98 Å². The van der Waals surface area contributed by atoms with Gasteiger partial charge in [0.05, 0.1) is 10.7 Å². The minimum absolute atomic E-state index is 0.0641. The number of oxazole rings is 1. The smallest absolute Gasteiger partial charge is 0.400 e. The fraction of sp³-hybridized carbons (Fsp3) is 0. The Balaban J connectivity index is 2.17. The maximum Gasteiger partial charge on any atom is 0.400 e. The van der Waals surface area contributed by atoms with Gasteiger partial charge < -0.3 is 9.15 Å². The van der Waals surface area contributed by atoms with Gasteiger partial charge in [-0.05, 0) is 28.1 Å². The zero-order valence-electron chi connectivity index (χ0n) is 7.51. The summed E-state index contributed by atoms with van der Waals surface area (Å²) in [5.41, 5.74) is 0. The van der Waals surface area contributed by atoms with Gasteiger partial charge in [-0.1, -0.05) is 12.1 Å². The Morgan fingerprint density at radius 3 is 2.87 bits per heavy atom. The third-order valence-electron chi connectivity index (χ3n) is 1.65. The Kier molecular flexibility index (Phi) is 2.82. The summed E-state index contributed by atoms with van der Waals surface area (Å²) in [5, 5.41) is 0. The van der Waals surface area contributed by atoms with Crippen molar-refractivity contribution in [2.75, 3.05) is 0 Å². The summed E-state index contributed by atoms with van der Waals surface area (Å²) in [6.07, 6.45) is 2.70. The minimum Gasteiger partial charge on any atom is -0.440 e. The SMILES string of the molecule is O=C(Oc1ccccc1Br)c1ncco1. The van der Waals surface area contributed by atoms with E-state index in [2.05, 4.69) is 20.9 Å². The number of para-hydroxylation sites is 1. The van der Waals surface area contributed by atoms with Gasteiger partial charge in [0.25, 0.3) is 0 Å². The molecule has 1 heterocycles. The molecule has 0 amide bonds. The molecule has 2 rings (SSSR count). The van der Waals surface area contributed by atoms with Crippen LogP contribution in [0.3, 0.4) is 0 Å². The van der Waals surface area contributed by atoms with E-state index in [4.69, 9.17) is 9.15 Å². The summed E-state index contributed by atoms with van der Waals surface area (Å²) in [6, 6.07) is 7.04. The summed E-state index contributed by atoms with van der Waals surface area (Å²) in [5.74, 6) is -0.252. The molecule has 0 radical (unpaired) electrons. The molecule has 0 saturated heterocycles. The molecule has 0 aliphatic rings. The highest BCUT2D eigenvalue weighted by molar-refractivity contribution is 9.10. The predicted molar refractivity (Wildman–Crippen MR) is 55.6 cm³/mol. The van der Waals surface area contributed by atoms with Crippen LogP contribution in [0.5, 0.6) is 5.75 Å². The molecule has 76 valence electrons. The van der Waals surface area contributed by atoms with E-state index in [0.29, 0.717) is 10.2 Å². The van der Waals surface area contributed by atoms with Gasteiger partial charge in [-0.15, -0.1) is 0 Å². The largest absolute Gasteiger partial charge is 0.440 e. The van der Waals surface area contributed by atoms with Crippen LogP contribution in [0.25, 0.3) is 0 Å². The van der Waals surface area contributed by atoms with E-state index >= 15 is 0 Å². The van der Waals surface area contributed by atoms with E-state index in [9.17, 15) is 4.79 Å². The van der Waals surface area contributed by atoms with E-state index in [1.54, 1.807) is 18.2 Å². The van der Waals surface area contributed by atoms with E-state index in [1.165, 1.54) is 12.5 Å². The number of carbonyl (C=O) groups is 1. The van der Waals surface area contributed by atoms with Crippen molar-refractivity contribution in [3.8, 4) is 5.75 Å². The van der Waals surface area contributed by atoms with Crippen LogP contribution < -0.4 is 4.74 Å². The second-order valence-electron chi connectivity index (χ2n) is 2.66. The van der Waals surface area contributed by atoms with Gasteiger partial charge in [-0.2, -0.15) is 0 Å². The van der Waals surface area contributed by atoms with E-state index in [0.717, 1.165) is 0 Å². The second kappa shape index (κ2) is 4.27. The molecular weight excluding hydrogens is 262 g/mol. The van der Waals surface area contributed by atoms with Crippen molar-refractivity contribution in [3.05, 3.63) is 47.1 Å². The number of carbonyl (C=O) groups excluding carboxylic acids is 1. The first kappa shape index (κ1) is 9.92. The van der Waals surface area contributed by atoms with Crippen LogP contribution in [-0.4, -0.2) is 11.0 Å². The molecule has 1 aromatic heterocycles. The van der Waals surface area contributed by atoms with Crippen molar-refractivity contribution in [2.45, 2.75) is 0 Å². The van der Waals surface area contributed by atoms with Crippen molar-refractivity contribution in [1.29, 1.82) is 0 Å². The number of ether oxygens (including phenoxy) is 1. The first-order valence-electron chi connectivity index (χ1n) is 4.13. The Labute approximate surface area is 94.0 Å². The number of aromatic nitrogens is 1. The van der Waals surface area contributed by atoms with Crippen LogP contribution in [0.4, 0.5) is 0 Å². The number of benzene rings is 1. The zero-order valence-corrected chi connectivity index (χ0v) is 9.10. The van der Waals surface area contributed by atoms with Gasteiger partial charge in [-0.25, -0.2) is 9.78 Å². The van der Waals surface area contributed by atoms with Crippen LogP contribution in [0, 0.1) is 0 Å². The summed E-state index contributed by atoms with van der Waals surface area (Å²) in [6.45, 7) is 0. The van der Waals surface area contributed by atoms with E-state index < -0.39 is 5.97 Å². The number of rotatable bonds is 2. The predicted octanol–water partition coefficient (Wildman–Crippen LogP) is 2.66. The van der Waals surface area contributed by atoms with Crippen LogP contribution in [0.1, 0.15) is 10.7 Å². The van der Waals surface area contributed by atoms with Crippen LogP contribution in [0.2, 0.25) is 0 Å². The Bertz CT molecular complexity index is 467. The first-order valence-corrected chi connectivity index (χ1v) is 4.93. The van der Waals surface area contributed by atoms with Crippen molar-refractivity contribution in [3.63, 3.8) is 0 Å². The highest BCUT2D eigenvalue weighted by Crippen LogP contribution is 2.24. The topological polar surface area (TPSA) is 52.3 Å². The normalized spacial score (nSPS) is 9.93. The van der Waals surface area contributed by atoms with Gasteiger partial charge in [0.15, 0.2) is 0 Å². The third kappa shape index (κ3) is 2.24. The molecule has 0 aliphatic heterocycles. The lowest BCUT2D eigenvalue weighted by Gasteiger charge is -2.02. The van der Waals surface area contributed by atoms with Crippen LogP contribution in [-0.2, 0) is 0 Å². The lowest BCUT2D eigenvalue weighted by Crippen LogP contribution is -2.08. The number of hydrogen-bond acceptors (Lipinski definition) is 4. The van der Waals surface area contributed by atoms with Crippen LogP contribution in [0.15, 0.2) is 45.6 Å². The van der Waals surface area contributed by atoms with E-state index in [-0.39, 0.29) is 5.89 Å². The monoisotopic (exact) mass is 267 g/mol. The molecule has 0 bridgehead atoms. The van der Waals surface area contributed by atoms with Gasteiger partial charge in [0, 0.05) is 0 Å². The second-order valence-corrected chi connectivity index (χ2v) is 3.51. The molecule has 0 unspecified atom stereocenters. The quantitative estimate of drug-likeness (QED) is 0.620. The highest BCUT2D eigenvalue weighted by atomic mass is 79.9. The fourth-order valence-corrected chi connectivity index (χ4v) is 1.36. The number of halogens is 1. The maximum absolute atomic E-state index is 11.4. The number of nitrogens with zero attached hydrogens (tertiary/aromatic N) is 1. The van der Waals surface area contributed by atoms with Gasteiger partial charge in [0.1, 0.15) is 12.0 Å². The summed E-state index contributed by atoms with van der Waals surface area (Å²) < 4.78 is 10.6. The molecule has 5 heteroatoms. The minimum atomic E-state index is -0.619. The first-order chi connectivity index (χ1) is 7.27. The Hall–Kier alpha value is -1.62. The molecule has 15 heavy (non-hydrogen) atoms. The standard InChI is InChI=1S/C10H6BrNO3/c11-7-3-1-2-4-8(7)15-10(13)9-12-5-6-14-9/h1-6H. The molecule has 0 fully saturated rings. The third-order valence-corrected chi connectivity index (χ3v) is 2.30. The molecular formula is C10H6BrNO3. The number of esters is 1. The van der Waals surface area contributed by atoms with Crippen LogP contribution >= 0.6 is 15.9 Å². The molecule has 0 saturated carbocycles. The molecule has 0 spiro atoms. The molecule has 4 nitrogen and oxygen atoms in total. The Morgan fingerprint density at radius 2 is 2.20 bits per heavy atom. The van der Waals surface area contributed by atoms with Gasteiger partial charge in [-0.3, -0.25) is 0 Å². The summed E-state index contributed by atoms with van der Waals surface area (Å²) in [7, 11) is 0.